The molecule has 0 aliphatic rings. The van der Waals surface area contributed by atoms with Gasteiger partial charge in [-0.2, -0.15) is 0 Å². The van der Waals surface area contributed by atoms with Gasteiger partial charge in [0.2, 0.25) is 0 Å². The smallest absolute Gasteiger partial charge is 0.257 e. The maximum absolute atomic E-state index is 12.1. The predicted molar refractivity (Wildman–Crippen MR) is 82.9 cm³/mol. The molecule has 0 unspecified atom stereocenters. The van der Waals surface area contributed by atoms with Crippen molar-refractivity contribution in [3.05, 3.63) is 63.1 Å². The van der Waals surface area contributed by atoms with Crippen LogP contribution < -0.4 is 5.32 Å². The number of hydrogen-bond acceptors (Lipinski definition) is 1. The van der Waals surface area contributed by atoms with E-state index in [0.717, 1.165) is 16.6 Å². The Hall–Kier alpha value is -1.32. The highest BCUT2D eigenvalue weighted by Gasteiger charge is 2.11. The van der Waals surface area contributed by atoms with Gasteiger partial charge in [0, 0.05) is 10.2 Å². The van der Waals surface area contributed by atoms with Crippen molar-refractivity contribution in [2.24, 2.45) is 0 Å². The molecule has 0 atom stereocenters. The molecule has 0 aliphatic carbocycles. The van der Waals surface area contributed by atoms with Gasteiger partial charge in [-0.1, -0.05) is 46.6 Å². The molecule has 0 bridgehead atoms. The number of nitrogens with one attached hydrogen (secondary N) is 1. The van der Waals surface area contributed by atoms with E-state index < -0.39 is 0 Å². The average molecular weight is 339 g/mol. The van der Waals surface area contributed by atoms with Crippen molar-refractivity contribution in [3.63, 3.8) is 0 Å². The summed E-state index contributed by atoms with van der Waals surface area (Å²) >= 11 is 9.35. The highest BCUT2D eigenvalue weighted by molar-refractivity contribution is 9.10. The van der Waals surface area contributed by atoms with Crippen LogP contribution in [0.4, 0.5) is 5.69 Å². The fourth-order valence-corrected chi connectivity index (χ4v) is 2.26. The lowest BCUT2D eigenvalue weighted by Gasteiger charge is -2.08. The van der Waals surface area contributed by atoms with E-state index in [1.807, 2.05) is 24.3 Å². The topological polar surface area (TPSA) is 29.1 Å². The van der Waals surface area contributed by atoms with E-state index in [9.17, 15) is 4.79 Å². The van der Waals surface area contributed by atoms with Crippen molar-refractivity contribution in [3.8, 4) is 0 Å². The van der Waals surface area contributed by atoms with Gasteiger partial charge < -0.3 is 5.32 Å². The second-order valence-corrected chi connectivity index (χ2v) is 5.45. The van der Waals surface area contributed by atoms with Crippen LogP contribution in [0.3, 0.4) is 0 Å². The number of hydrogen-bond donors (Lipinski definition) is 1. The maximum atomic E-state index is 12.1. The Morgan fingerprint density at radius 1 is 1.21 bits per heavy atom. The van der Waals surface area contributed by atoms with Crippen LogP contribution in [0.1, 0.15) is 22.8 Å². The van der Waals surface area contributed by atoms with Crippen molar-refractivity contribution in [2.75, 3.05) is 5.32 Å². The van der Waals surface area contributed by atoms with E-state index in [0.29, 0.717) is 10.6 Å². The first-order valence-corrected chi connectivity index (χ1v) is 7.12. The number of anilines is 1. The first-order valence-electron chi connectivity index (χ1n) is 5.95. The number of amides is 1. The molecule has 2 aromatic rings. The molecule has 1 N–H and O–H groups in total. The molecule has 0 aromatic heterocycles. The second-order valence-electron chi connectivity index (χ2n) is 4.13. The minimum absolute atomic E-state index is 0.212. The van der Waals surface area contributed by atoms with E-state index >= 15 is 0 Å². The number of benzene rings is 2. The summed E-state index contributed by atoms with van der Waals surface area (Å²) in [5, 5.41) is 3.27. The zero-order valence-corrected chi connectivity index (χ0v) is 12.8. The Labute approximate surface area is 125 Å². The lowest BCUT2D eigenvalue weighted by atomic mass is 10.1. The van der Waals surface area contributed by atoms with E-state index in [1.54, 1.807) is 18.2 Å². The highest BCUT2D eigenvalue weighted by atomic mass is 79.9. The summed E-state index contributed by atoms with van der Waals surface area (Å²) in [5.41, 5.74) is 2.45. The maximum Gasteiger partial charge on any atom is 0.257 e. The van der Waals surface area contributed by atoms with Crippen molar-refractivity contribution < 1.29 is 4.79 Å². The number of halogens is 2. The molecule has 2 rings (SSSR count). The monoisotopic (exact) mass is 337 g/mol. The highest BCUT2D eigenvalue weighted by Crippen LogP contribution is 2.22. The fourth-order valence-electron chi connectivity index (χ4n) is 1.69. The fraction of sp³-hybridized carbons (Fsp3) is 0.133. The van der Waals surface area contributed by atoms with Crippen molar-refractivity contribution in [2.45, 2.75) is 13.3 Å². The molecular formula is C15H13BrClNO. The minimum atomic E-state index is -0.212. The molecule has 0 fully saturated rings. The summed E-state index contributed by atoms with van der Waals surface area (Å²) in [7, 11) is 0. The number of carbonyl (C=O) groups is 1. The summed E-state index contributed by atoms with van der Waals surface area (Å²) < 4.78 is 0.823. The number of rotatable bonds is 3. The van der Waals surface area contributed by atoms with E-state index in [-0.39, 0.29) is 5.91 Å². The van der Waals surface area contributed by atoms with Crippen LogP contribution in [0.15, 0.2) is 46.9 Å². The quantitative estimate of drug-likeness (QED) is 0.846. The second kappa shape index (κ2) is 6.22. The molecule has 0 heterocycles. The summed E-state index contributed by atoms with van der Waals surface area (Å²) in [6.45, 7) is 2.09. The SMILES string of the molecule is CCc1ccc(NC(=O)c2cc(Br)ccc2Cl)cc1. The van der Waals surface area contributed by atoms with Gasteiger partial charge >= 0.3 is 0 Å². The van der Waals surface area contributed by atoms with Crippen LogP contribution in [-0.4, -0.2) is 5.91 Å². The summed E-state index contributed by atoms with van der Waals surface area (Å²) in [6, 6.07) is 13.0. The van der Waals surface area contributed by atoms with Crippen LogP contribution in [0.2, 0.25) is 5.02 Å². The lowest BCUT2D eigenvalue weighted by molar-refractivity contribution is 0.102. The van der Waals surface area contributed by atoms with Crippen LogP contribution >= 0.6 is 27.5 Å². The van der Waals surface area contributed by atoms with Crippen LogP contribution in [0.5, 0.6) is 0 Å². The standard InChI is InChI=1S/C15H13BrClNO/c1-2-10-3-6-12(7-4-10)18-15(19)13-9-11(16)5-8-14(13)17/h3-9H,2H2,1H3,(H,18,19). The molecule has 2 aromatic carbocycles. The molecule has 19 heavy (non-hydrogen) atoms. The van der Waals surface area contributed by atoms with Crippen molar-refractivity contribution in [1.29, 1.82) is 0 Å². The first kappa shape index (κ1) is 14.1. The molecule has 0 radical (unpaired) electrons. The molecular weight excluding hydrogens is 326 g/mol. The Morgan fingerprint density at radius 3 is 2.53 bits per heavy atom. The van der Waals surface area contributed by atoms with Gasteiger partial charge in [-0.15, -0.1) is 0 Å². The number of aryl methyl sites for hydroxylation is 1. The van der Waals surface area contributed by atoms with Crippen LogP contribution in [0, 0.1) is 0 Å². The Balaban J connectivity index is 2.18. The molecule has 0 spiro atoms. The van der Waals surface area contributed by atoms with Gasteiger partial charge in [-0.05, 0) is 42.3 Å². The zero-order valence-electron chi connectivity index (χ0n) is 10.4. The van der Waals surface area contributed by atoms with Gasteiger partial charge in [0.1, 0.15) is 0 Å². The number of carbonyl (C=O) groups excluding carboxylic acids is 1. The Bertz CT molecular complexity index is 596. The third-order valence-electron chi connectivity index (χ3n) is 2.79. The van der Waals surface area contributed by atoms with Crippen LogP contribution in [-0.2, 0) is 6.42 Å². The summed E-state index contributed by atoms with van der Waals surface area (Å²) in [5.74, 6) is -0.212. The summed E-state index contributed by atoms with van der Waals surface area (Å²) in [6.07, 6.45) is 0.978. The average Bonchev–Trinajstić information content (AvgIpc) is 2.42. The van der Waals surface area contributed by atoms with Gasteiger partial charge in [0.15, 0.2) is 0 Å². The van der Waals surface area contributed by atoms with Gasteiger partial charge in [-0.3, -0.25) is 4.79 Å². The molecule has 0 aliphatic heterocycles. The lowest BCUT2D eigenvalue weighted by Crippen LogP contribution is -2.12. The largest absolute Gasteiger partial charge is 0.322 e. The Morgan fingerprint density at radius 2 is 1.89 bits per heavy atom. The van der Waals surface area contributed by atoms with E-state index in [4.69, 9.17) is 11.6 Å². The Kier molecular flexibility index (Phi) is 4.61. The van der Waals surface area contributed by atoms with E-state index in [2.05, 4.69) is 28.2 Å². The summed E-state index contributed by atoms with van der Waals surface area (Å²) in [4.78, 5) is 12.1. The predicted octanol–water partition coefficient (Wildman–Crippen LogP) is 4.92. The minimum Gasteiger partial charge on any atom is -0.322 e. The van der Waals surface area contributed by atoms with Gasteiger partial charge in [0.05, 0.1) is 10.6 Å². The van der Waals surface area contributed by atoms with Crippen LogP contribution in [0.25, 0.3) is 0 Å². The van der Waals surface area contributed by atoms with Gasteiger partial charge in [-0.25, -0.2) is 0 Å². The van der Waals surface area contributed by atoms with Crippen molar-refractivity contribution in [1.82, 2.24) is 0 Å². The van der Waals surface area contributed by atoms with E-state index in [1.165, 1.54) is 5.56 Å². The van der Waals surface area contributed by atoms with Gasteiger partial charge in [0.25, 0.3) is 5.91 Å². The molecule has 4 heteroatoms. The molecule has 98 valence electrons. The molecule has 0 saturated carbocycles. The van der Waals surface area contributed by atoms with Crippen molar-refractivity contribution >= 4 is 39.1 Å². The molecule has 2 nitrogen and oxygen atoms in total. The first-order chi connectivity index (χ1) is 9.10. The molecule has 1 amide bonds. The third kappa shape index (κ3) is 3.58. The molecule has 0 saturated heterocycles. The zero-order chi connectivity index (χ0) is 13.8. The normalized spacial score (nSPS) is 10.3. The third-order valence-corrected chi connectivity index (χ3v) is 3.62.